The van der Waals surface area contributed by atoms with E-state index in [1.807, 2.05) is 29.5 Å². The van der Waals surface area contributed by atoms with Crippen LogP contribution >= 0.6 is 11.3 Å². The third-order valence-electron chi connectivity index (χ3n) is 4.25. The lowest BCUT2D eigenvalue weighted by Gasteiger charge is -2.27. The quantitative estimate of drug-likeness (QED) is 0.495. The summed E-state index contributed by atoms with van der Waals surface area (Å²) in [6.45, 7) is 1.78. The fourth-order valence-corrected chi connectivity index (χ4v) is 3.80. The number of benzene rings is 1. The van der Waals surface area contributed by atoms with E-state index in [1.165, 1.54) is 16.7 Å². The van der Waals surface area contributed by atoms with Crippen LogP contribution in [0.4, 0.5) is 23.1 Å². The molecule has 126 valence electrons. The lowest BCUT2D eigenvalue weighted by molar-refractivity contribution is 0.718. The standard InChI is InChI=1S/C18H18N6S/c19-10-13-9-14(1-2-15(13)20)22-17-3-6-21-18(23-17)24-7-4-16-12(11-24)5-8-25-16/h1-3,5-6,8-10,19H,4,7,11,20H2,(H,21,22,23). The van der Waals surface area contributed by atoms with Gasteiger partial charge in [0.05, 0.1) is 0 Å². The van der Waals surface area contributed by atoms with E-state index in [0.717, 1.165) is 37.0 Å². The number of thiophene rings is 1. The Labute approximate surface area is 149 Å². The first-order valence-electron chi connectivity index (χ1n) is 8.03. The molecule has 0 aliphatic carbocycles. The molecule has 0 saturated heterocycles. The summed E-state index contributed by atoms with van der Waals surface area (Å²) in [6, 6.07) is 9.52. The second kappa shape index (κ2) is 6.52. The van der Waals surface area contributed by atoms with Crippen molar-refractivity contribution in [1.82, 2.24) is 9.97 Å². The van der Waals surface area contributed by atoms with E-state index in [9.17, 15) is 0 Å². The molecule has 0 atom stereocenters. The van der Waals surface area contributed by atoms with Crippen LogP contribution in [0.2, 0.25) is 0 Å². The van der Waals surface area contributed by atoms with Gasteiger partial charge in [-0.15, -0.1) is 11.3 Å². The van der Waals surface area contributed by atoms with Gasteiger partial charge in [0.2, 0.25) is 5.95 Å². The van der Waals surface area contributed by atoms with Crippen molar-refractivity contribution in [3.05, 3.63) is 57.9 Å². The maximum absolute atomic E-state index is 7.41. The number of fused-ring (bicyclic) bond motifs is 1. The topological polar surface area (TPSA) is 90.9 Å². The summed E-state index contributed by atoms with van der Waals surface area (Å²) < 4.78 is 0. The second-order valence-electron chi connectivity index (χ2n) is 5.90. The van der Waals surface area contributed by atoms with Crippen LogP contribution in [-0.4, -0.2) is 22.7 Å². The monoisotopic (exact) mass is 350 g/mol. The minimum Gasteiger partial charge on any atom is -0.398 e. The Bertz CT molecular complexity index is 919. The Hall–Kier alpha value is -2.93. The van der Waals surface area contributed by atoms with Crippen molar-refractivity contribution in [3.63, 3.8) is 0 Å². The summed E-state index contributed by atoms with van der Waals surface area (Å²) in [4.78, 5) is 12.7. The molecule has 0 spiro atoms. The zero-order chi connectivity index (χ0) is 17.2. The molecule has 7 heteroatoms. The highest BCUT2D eigenvalue weighted by molar-refractivity contribution is 7.10. The number of rotatable bonds is 4. The van der Waals surface area contributed by atoms with E-state index < -0.39 is 0 Å². The van der Waals surface area contributed by atoms with E-state index in [4.69, 9.17) is 11.1 Å². The first-order valence-corrected chi connectivity index (χ1v) is 8.91. The van der Waals surface area contributed by atoms with E-state index >= 15 is 0 Å². The van der Waals surface area contributed by atoms with Crippen molar-refractivity contribution in [3.8, 4) is 0 Å². The van der Waals surface area contributed by atoms with Crippen LogP contribution < -0.4 is 16.0 Å². The Morgan fingerprint density at radius 3 is 3.08 bits per heavy atom. The highest BCUT2D eigenvalue weighted by Gasteiger charge is 2.19. The van der Waals surface area contributed by atoms with Crippen LogP contribution in [0.15, 0.2) is 41.9 Å². The molecule has 1 aliphatic heterocycles. The van der Waals surface area contributed by atoms with Crippen molar-refractivity contribution in [2.75, 3.05) is 22.5 Å². The average Bonchev–Trinajstić information content (AvgIpc) is 3.11. The molecule has 4 rings (SSSR count). The van der Waals surface area contributed by atoms with Gasteiger partial charge >= 0.3 is 0 Å². The van der Waals surface area contributed by atoms with Crippen molar-refractivity contribution in [2.24, 2.45) is 0 Å². The summed E-state index contributed by atoms with van der Waals surface area (Å²) in [7, 11) is 0. The average molecular weight is 350 g/mol. The van der Waals surface area contributed by atoms with Crippen LogP contribution in [0.5, 0.6) is 0 Å². The molecule has 4 N–H and O–H groups in total. The number of hydrogen-bond donors (Lipinski definition) is 3. The van der Waals surface area contributed by atoms with Crippen molar-refractivity contribution < 1.29 is 0 Å². The number of nitrogen functional groups attached to an aromatic ring is 1. The van der Waals surface area contributed by atoms with Gasteiger partial charge in [0.1, 0.15) is 5.82 Å². The maximum atomic E-state index is 7.41. The Kier molecular flexibility index (Phi) is 4.07. The van der Waals surface area contributed by atoms with E-state index in [2.05, 4.69) is 31.6 Å². The first-order chi connectivity index (χ1) is 12.2. The minimum atomic E-state index is 0.587. The molecular weight excluding hydrogens is 332 g/mol. The first kappa shape index (κ1) is 15.6. The predicted octanol–water partition coefficient (Wildman–Crippen LogP) is 3.42. The summed E-state index contributed by atoms with van der Waals surface area (Å²) in [5.41, 5.74) is 9.31. The zero-order valence-corrected chi connectivity index (χ0v) is 14.4. The molecule has 0 radical (unpaired) electrons. The molecule has 3 aromatic rings. The SMILES string of the molecule is N=Cc1cc(Nc2ccnc(N3CCc4sccc4C3)n2)ccc1N. The minimum absolute atomic E-state index is 0.587. The number of nitrogens with two attached hydrogens (primary N) is 1. The fourth-order valence-electron chi connectivity index (χ4n) is 2.91. The van der Waals surface area contributed by atoms with Crippen LogP contribution in [0.25, 0.3) is 0 Å². The van der Waals surface area contributed by atoms with E-state index in [0.29, 0.717) is 11.3 Å². The Morgan fingerprint density at radius 1 is 1.28 bits per heavy atom. The largest absolute Gasteiger partial charge is 0.398 e. The van der Waals surface area contributed by atoms with Gasteiger partial charge in [-0.2, -0.15) is 4.98 Å². The summed E-state index contributed by atoms with van der Waals surface area (Å²) in [5, 5.41) is 12.8. The lowest BCUT2D eigenvalue weighted by atomic mass is 10.1. The molecule has 0 bridgehead atoms. The Balaban J connectivity index is 1.55. The predicted molar refractivity (Wildman–Crippen MR) is 103 cm³/mol. The van der Waals surface area contributed by atoms with Gasteiger partial charge in [0.15, 0.2) is 0 Å². The fraction of sp³-hybridized carbons (Fsp3) is 0.167. The van der Waals surface area contributed by atoms with Gasteiger partial charge in [-0.05, 0) is 47.7 Å². The van der Waals surface area contributed by atoms with Gasteiger partial charge in [-0.1, -0.05) is 0 Å². The van der Waals surface area contributed by atoms with Crippen LogP contribution in [0, 0.1) is 5.41 Å². The molecule has 3 heterocycles. The third-order valence-corrected chi connectivity index (χ3v) is 5.27. The number of aromatic nitrogens is 2. The summed E-state index contributed by atoms with van der Waals surface area (Å²) in [6.07, 6.45) is 4.05. The molecule has 1 aromatic carbocycles. The smallest absolute Gasteiger partial charge is 0.227 e. The molecule has 1 aliphatic rings. The van der Waals surface area contributed by atoms with Gasteiger partial charge in [-0.3, -0.25) is 0 Å². The van der Waals surface area contributed by atoms with E-state index in [1.54, 1.807) is 12.3 Å². The van der Waals surface area contributed by atoms with Gasteiger partial charge in [-0.25, -0.2) is 4.98 Å². The summed E-state index contributed by atoms with van der Waals surface area (Å²) >= 11 is 1.82. The molecule has 0 unspecified atom stereocenters. The highest BCUT2D eigenvalue weighted by atomic mass is 32.1. The number of nitrogens with one attached hydrogen (secondary N) is 2. The molecule has 6 nitrogen and oxygen atoms in total. The van der Waals surface area contributed by atoms with Gasteiger partial charge < -0.3 is 21.4 Å². The molecule has 0 saturated carbocycles. The summed E-state index contributed by atoms with van der Waals surface area (Å²) in [5.74, 6) is 1.45. The van der Waals surface area contributed by atoms with Crippen LogP contribution in [0.3, 0.4) is 0 Å². The number of hydrogen-bond acceptors (Lipinski definition) is 7. The van der Waals surface area contributed by atoms with Gasteiger partial charge in [0, 0.05) is 47.3 Å². The number of nitrogens with zero attached hydrogens (tertiary/aromatic N) is 3. The molecule has 25 heavy (non-hydrogen) atoms. The van der Waals surface area contributed by atoms with Crippen LogP contribution in [0.1, 0.15) is 16.0 Å². The second-order valence-corrected chi connectivity index (χ2v) is 6.90. The normalized spacial score (nSPS) is 13.4. The van der Waals surface area contributed by atoms with Crippen molar-refractivity contribution >= 4 is 40.7 Å². The Morgan fingerprint density at radius 2 is 2.20 bits per heavy atom. The van der Waals surface area contributed by atoms with Crippen molar-refractivity contribution in [1.29, 1.82) is 5.41 Å². The van der Waals surface area contributed by atoms with E-state index in [-0.39, 0.29) is 0 Å². The zero-order valence-electron chi connectivity index (χ0n) is 13.6. The molecular formula is C18H18N6S. The van der Waals surface area contributed by atoms with Gasteiger partial charge in [0.25, 0.3) is 0 Å². The maximum Gasteiger partial charge on any atom is 0.227 e. The molecule has 0 fully saturated rings. The van der Waals surface area contributed by atoms with Crippen molar-refractivity contribution in [2.45, 2.75) is 13.0 Å². The third kappa shape index (κ3) is 3.18. The highest BCUT2D eigenvalue weighted by Crippen LogP contribution is 2.27. The molecule has 2 aromatic heterocycles. The number of anilines is 4. The lowest BCUT2D eigenvalue weighted by Crippen LogP contribution is -2.30. The van der Waals surface area contributed by atoms with Crippen LogP contribution in [-0.2, 0) is 13.0 Å². The molecule has 0 amide bonds.